The zero-order valence-corrected chi connectivity index (χ0v) is 15.2. The molecule has 0 spiro atoms. The molecule has 3 heterocycles. The summed E-state index contributed by atoms with van der Waals surface area (Å²) in [7, 11) is 3.60. The van der Waals surface area contributed by atoms with E-state index in [2.05, 4.69) is 28.7 Å². The minimum atomic E-state index is -0.0753. The first kappa shape index (κ1) is 16.7. The fourth-order valence-electron chi connectivity index (χ4n) is 3.77. The number of morpholine rings is 1. The van der Waals surface area contributed by atoms with Crippen molar-refractivity contribution in [2.24, 2.45) is 0 Å². The molecule has 2 aromatic rings. The molecule has 1 aromatic heterocycles. The third-order valence-corrected chi connectivity index (χ3v) is 5.02. The molecular formula is C21H23N3O2. The number of ether oxygens (including phenoxy) is 1. The molecule has 0 bridgehead atoms. The highest BCUT2D eigenvalue weighted by Gasteiger charge is 2.40. The Labute approximate surface area is 154 Å². The Hall–Kier alpha value is -2.71. The molecule has 5 heteroatoms. The second-order valence-electron chi connectivity index (χ2n) is 6.98. The lowest BCUT2D eigenvalue weighted by Gasteiger charge is -2.44. The molecule has 4 rings (SSSR count). The summed E-state index contributed by atoms with van der Waals surface area (Å²) >= 11 is 0. The Morgan fingerprint density at radius 1 is 1.15 bits per heavy atom. The average Bonchev–Trinajstić information content (AvgIpc) is 3.09. The van der Waals surface area contributed by atoms with Crippen LogP contribution in [0.25, 0.3) is 0 Å². The van der Waals surface area contributed by atoms with E-state index in [-0.39, 0.29) is 18.2 Å². The van der Waals surface area contributed by atoms with Gasteiger partial charge in [-0.25, -0.2) is 4.79 Å². The molecule has 0 aliphatic carbocycles. The zero-order valence-electron chi connectivity index (χ0n) is 15.2. The Bertz CT molecular complexity index is 860. The van der Waals surface area contributed by atoms with Crippen molar-refractivity contribution < 1.29 is 9.53 Å². The molecule has 0 unspecified atom stereocenters. The van der Waals surface area contributed by atoms with E-state index in [1.807, 2.05) is 35.2 Å². The lowest BCUT2D eigenvalue weighted by atomic mass is 9.97. The summed E-state index contributed by atoms with van der Waals surface area (Å²) < 4.78 is 8.29. The molecule has 0 N–H and O–H groups in total. The predicted molar refractivity (Wildman–Crippen MR) is 99.7 cm³/mol. The van der Waals surface area contributed by atoms with E-state index < -0.39 is 0 Å². The number of amides is 2. The van der Waals surface area contributed by atoms with Crippen LogP contribution in [0.4, 0.5) is 4.79 Å². The Kier molecular flexibility index (Phi) is 4.44. The number of nitrogens with zero attached hydrogens (tertiary/aromatic N) is 3. The van der Waals surface area contributed by atoms with E-state index in [0.717, 1.165) is 29.8 Å². The van der Waals surface area contributed by atoms with Gasteiger partial charge in [0.1, 0.15) is 6.10 Å². The molecule has 5 nitrogen and oxygen atoms in total. The van der Waals surface area contributed by atoms with Crippen molar-refractivity contribution in [2.75, 3.05) is 27.2 Å². The van der Waals surface area contributed by atoms with Gasteiger partial charge in [-0.2, -0.15) is 0 Å². The lowest BCUT2D eigenvalue weighted by molar-refractivity contribution is -0.0737. The second kappa shape index (κ2) is 6.89. The molecule has 0 saturated carbocycles. The molecular weight excluding hydrogens is 326 g/mol. The van der Waals surface area contributed by atoms with Crippen LogP contribution in [0.3, 0.4) is 0 Å². The number of fused-ring (bicyclic) bond motifs is 3. The number of rotatable bonds is 0. The Morgan fingerprint density at radius 3 is 2.69 bits per heavy atom. The predicted octanol–water partition coefficient (Wildman–Crippen LogP) is 2.72. The van der Waals surface area contributed by atoms with Gasteiger partial charge >= 0.3 is 6.03 Å². The molecule has 1 saturated heterocycles. The van der Waals surface area contributed by atoms with E-state index in [1.165, 1.54) is 0 Å². The normalized spacial score (nSPS) is 21.2. The van der Waals surface area contributed by atoms with Gasteiger partial charge in [-0.15, -0.1) is 0 Å². The van der Waals surface area contributed by atoms with Crippen LogP contribution in [0.15, 0.2) is 42.6 Å². The molecule has 0 radical (unpaired) electrons. The van der Waals surface area contributed by atoms with E-state index in [1.54, 1.807) is 19.0 Å². The maximum absolute atomic E-state index is 12.5. The third-order valence-electron chi connectivity index (χ3n) is 5.02. The van der Waals surface area contributed by atoms with Crippen LogP contribution in [0.2, 0.25) is 0 Å². The molecule has 2 atom stereocenters. The van der Waals surface area contributed by atoms with Gasteiger partial charge in [-0.1, -0.05) is 30.0 Å². The Morgan fingerprint density at radius 2 is 1.92 bits per heavy atom. The van der Waals surface area contributed by atoms with Gasteiger partial charge in [0.15, 0.2) is 0 Å². The first-order chi connectivity index (χ1) is 12.6. The number of urea groups is 1. The van der Waals surface area contributed by atoms with Crippen LogP contribution in [0.1, 0.15) is 29.3 Å². The third kappa shape index (κ3) is 3.09. The van der Waals surface area contributed by atoms with Gasteiger partial charge in [-0.3, -0.25) is 0 Å². The van der Waals surface area contributed by atoms with E-state index in [9.17, 15) is 4.79 Å². The highest BCUT2D eigenvalue weighted by atomic mass is 16.5. The fraction of sp³-hybridized carbons (Fsp3) is 0.381. The van der Waals surface area contributed by atoms with Crippen molar-refractivity contribution in [3.8, 4) is 11.8 Å². The molecule has 2 aliphatic heterocycles. The standard InChI is InChI=1S/C21H23N3O2/c1-22(2)21(25)24-12-13-26-20-18(24)10-11-23-15-17(14-19(20)23)9-8-16-6-4-3-5-7-16/h3-7,14-15,18,20H,10-13H2,1-2H3/t18-,20-/m0/s1. The first-order valence-corrected chi connectivity index (χ1v) is 9.00. The van der Waals surface area contributed by atoms with Crippen LogP contribution in [0.5, 0.6) is 0 Å². The summed E-state index contributed by atoms with van der Waals surface area (Å²) in [6, 6.07) is 12.3. The number of carbonyl (C=O) groups is 1. The van der Waals surface area contributed by atoms with Gasteiger partial charge in [-0.05, 0) is 24.6 Å². The number of hydrogen-bond acceptors (Lipinski definition) is 2. The Balaban J connectivity index is 1.59. The smallest absolute Gasteiger partial charge is 0.319 e. The van der Waals surface area contributed by atoms with Crippen molar-refractivity contribution in [3.05, 3.63) is 59.4 Å². The summed E-state index contributed by atoms with van der Waals surface area (Å²) in [5, 5.41) is 0. The second-order valence-corrected chi connectivity index (χ2v) is 6.98. The highest BCUT2D eigenvalue weighted by molar-refractivity contribution is 5.74. The van der Waals surface area contributed by atoms with Crippen molar-refractivity contribution in [1.82, 2.24) is 14.4 Å². The molecule has 2 amide bonds. The van der Waals surface area contributed by atoms with Crippen LogP contribution < -0.4 is 0 Å². The maximum Gasteiger partial charge on any atom is 0.319 e. The van der Waals surface area contributed by atoms with Crippen molar-refractivity contribution in [2.45, 2.75) is 25.1 Å². The summed E-state index contributed by atoms with van der Waals surface area (Å²) in [6.07, 6.45) is 2.92. The van der Waals surface area contributed by atoms with Crippen molar-refractivity contribution in [3.63, 3.8) is 0 Å². The van der Waals surface area contributed by atoms with Crippen LogP contribution in [-0.4, -0.2) is 53.7 Å². The fourth-order valence-corrected chi connectivity index (χ4v) is 3.77. The van der Waals surface area contributed by atoms with Gasteiger partial charge in [0, 0.05) is 44.5 Å². The minimum Gasteiger partial charge on any atom is -0.368 e. The van der Waals surface area contributed by atoms with Crippen molar-refractivity contribution in [1.29, 1.82) is 0 Å². The monoisotopic (exact) mass is 349 g/mol. The largest absolute Gasteiger partial charge is 0.368 e. The van der Waals surface area contributed by atoms with Gasteiger partial charge in [0.2, 0.25) is 0 Å². The van der Waals surface area contributed by atoms with E-state index in [0.29, 0.717) is 13.2 Å². The van der Waals surface area contributed by atoms with Crippen molar-refractivity contribution >= 4 is 6.03 Å². The number of hydrogen-bond donors (Lipinski definition) is 0. The van der Waals surface area contributed by atoms with E-state index in [4.69, 9.17) is 4.74 Å². The average molecular weight is 349 g/mol. The summed E-state index contributed by atoms with van der Waals surface area (Å²) in [6.45, 7) is 2.10. The molecule has 2 aliphatic rings. The number of carbonyl (C=O) groups excluding carboxylic acids is 1. The van der Waals surface area contributed by atoms with Gasteiger partial charge in [0.25, 0.3) is 0 Å². The van der Waals surface area contributed by atoms with Crippen LogP contribution in [0, 0.1) is 11.8 Å². The topological polar surface area (TPSA) is 37.7 Å². The first-order valence-electron chi connectivity index (χ1n) is 9.00. The lowest BCUT2D eigenvalue weighted by Crippen LogP contribution is -2.55. The van der Waals surface area contributed by atoms with Crippen LogP contribution in [-0.2, 0) is 11.3 Å². The molecule has 1 aromatic carbocycles. The highest BCUT2D eigenvalue weighted by Crippen LogP contribution is 2.36. The quantitative estimate of drug-likeness (QED) is 0.686. The molecule has 134 valence electrons. The van der Waals surface area contributed by atoms with Gasteiger partial charge in [0.05, 0.1) is 18.3 Å². The molecule has 1 fully saturated rings. The van der Waals surface area contributed by atoms with Crippen LogP contribution >= 0.6 is 0 Å². The van der Waals surface area contributed by atoms with E-state index >= 15 is 0 Å². The number of aromatic nitrogens is 1. The number of aryl methyl sites for hydroxylation is 1. The summed E-state index contributed by atoms with van der Waals surface area (Å²) in [5.74, 6) is 6.46. The molecule has 26 heavy (non-hydrogen) atoms. The SMILES string of the molecule is CN(C)C(=O)N1CCO[C@@H]2c3cc(C#Cc4ccccc4)cn3CC[C@@H]21. The number of benzene rings is 1. The maximum atomic E-state index is 12.5. The summed E-state index contributed by atoms with van der Waals surface area (Å²) in [5.41, 5.74) is 3.12. The zero-order chi connectivity index (χ0) is 18.1. The summed E-state index contributed by atoms with van der Waals surface area (Å²) in [4.78, 5) is 16.1. The van der Waals surface area contributed by atoms with Gasteiger partial charge < -0.3 is 19.1 Å². The minimum absolute atomic E-state index is 0.0624.